The van der Waals surface area contributed by atoms with E-state index in [0.717, 1.165) is 47.8 Å². The van der Waals surface area contributed by atoms with Crippen LogP contribution < -0.4 is 5.32 Å². The first kappa shape index (κ1) is 16.5. The minimum absolute atomic E-state index is 0.519. The van der Waals surface area contributed by atoms with Crippen molar-refractivity contribution in [3.05, 3.63) is 72.5 Å². The molecule has 0 spiro atoms. The molecule has 0 saturated carbocycles. The SMILES string of the molecule is c1cnc(Cn2cc(Nc3nc(-c4cccnc4)nc4c3CCC4)cn2)nc1. The molecule has 0 unspecified atom stereocenters. The summed E-state index contributed by atoms with van der Waals surface area (Å²) in [7, 11) is 0. The zero-order valence-corrected chi connectivity index (χ0v) is 15.2. The third kappa shape index (κ3) is 3.32. The van der Waals surface area contributed by atoms with Gasteiger partial charge in [-0.15, -0.1) is 0 Å². The molecule has 0 fully saturated rings. The van der Waals surface area contributed by atoms with Crippen molar-refractivity contribution in [2.24, 2.45) is 0 Å². The highest BCUT2D eigenvalue weighted by Gasteiger charge is 2.20. The van der Waals surface area contributed by atoms with E-state index in [9.17, 15) is 0 Å². The first-order valence-corrected chi connectivity index (χ1v) is 9.21. The molecule has 4 heterocycles. The van der Waals surface area contributed by atoms with Gasteiger partial charge in [0.05, 0.1) is 11.9 Å². The van der Waals surface area contributed by atoms with Crippen LogP contribution in [-0.2, 0) is 19.4 Å². The fourth-order valence-corrected chi connectivity index (χ4v) is 3.37. The average molecular weight is 370 g/mol. The summed E-state index contributed by atoms with van der Waals surface area (Å²) < 4.78 is 1.81. The number of anilines is 2. The molecule has 0 aromatic carbocycles. The topological polar surface area (TPSA) is 94.3 Å². The van der Waals surface area contributed by atoms with Gasteiger partial charge < -0.3 is 5.32 Å². The van der Waals surface area contributed by atoms with Crippen molar-refractivity contribution < 1.29 is 0 Å². The Balaban J connectivity index is 1.43. The van der Waals surface area contributed by atoms with Crippen LogP contribution in [0, 0.1) is 0 Å². The number of hydrogen-bond donors (Lipinski definition) is 1. The second kappa shape index (κ2) is 7.15. The summed E-state index contributed by atoms with van der Waals surface area (Å²) in [5, 5.41) is 7.83. The predicted molar refractivity (Wildman–Crippen MR) is 104 cm³/mol. The van der Waals surface area contributed by atoms with Crippen LogP contribution in [0.1, 0.15) is 23.5 Å². The summed E-state index contributed by atoms with van der Waals surface area (Å²) in [5.74, 6) is 2.26. The summed E-state index contributed by atoms with van der Waals surface area (Å²) >= 11 is 0. The van der Waals surface area contributed by atoms with E-state index in [2.05, 4.69) is 25.4 Å². The number of aryl methyl sites for hydroxylation is 1. The van der Waals surface area contributed by atoms with Gasteiger partial charge in [0.2, 0.25) is 0 Å². The van der Waals surface area contributed by atoms with E-state index in [-0.39, 0.29) is 0 Å². The molecule has 1 aliphatic rings. The van der Waals surface area contributed by atoms with Gasteiger partial charge in [0.1, 0.15) is 18.2 Å². The third-order valence-electron chi connectivity index (χ3n) is 4.67. The smallest absolute Gasteiger partial charge is 0.163 e. The monoisotopic (exact) mass is 370 g/mol. The van der Waals surface area contributed by atoms with Crippen LogP contribution in [0.4, 0.5) is 11.5 Å². The number of aromatic nitrogens is 7. The van der Waals surface area contributed by atoms with Gasteiger partial charge in [0.15, 0.2) is 5.82 Å². The second-order valence-corrected chi connectivity index (χ2v) is 6.63. The van der Waals surface area contributed by atoms with Crippen molar-refractivity contribution >= 4 is 11.5 Å². The van der Waals surface area contributed by atoms with Gasteiger partial charge in [-0.3, -0.25) is 9.67 Å². The first-order chi connectivity index (χ1) is 13.8. The molecular formula is C20H18N8. The molecule has 0 atom stereocenters. The fourth-order valence-electron chi connectivity index (χ4n) is 3.37. The second-order valence-electron chi connectivity index (χ2n) is 6.63. The molecule has 4 aromatic rings. The lowest BCUT2D eigenvalue weighted by molar-refractivity contribution is 0.655. The van der Waals surface area contributed by atoms with Crippen molar-refractivity contribution in [3.63, 3.8) is 0 Å². The Bertz CT molecular complexity index is 1090. The van der Waals surface area contributed by atoms with Crippen LogP contribution in [0.5, 0.6) is 0 Å². The highest BCUT2D eigenvalue weighted by atomic mass is 15.3. The van der Waals surface area contributed by atoms with E-state index in [1.54, 1.807) is 41.7 Å². The summed E-state index contributed by atoms with van der Waals surface area (Å²) in [6, 6.07) is 5.68. The van der Waals surface area contributed by atoms with Crippen LogP contribution >= 0.6 is 0 Å². The summed E-state index contributed by atoms with van der Waals surface area (Å²) in [6.07, 6.45) is 13.8. The van der Waals surface area contributed by atoms with Crippen LogP contribution in [-0.4, -0.2) is 34.7 Å². The molecule has 8 heteroatoms. The molecule has 0 saturated heterocycles. The Morgan fingerprint density at radius 2 is 1.93 bits per heavy atom. The molecule has 1 aliphatic carbocycles. The van der Waals surface area contributed by atoms with Crippen molar-refractivity contribution in [2.45, 2.75) is 25.8 Å². The summed E-state index contributed by atoms with van der Waals surface area (Å²) in [4.78, 5) is 22.2. The molecule has 138 valence electrons. The number of nitrogens with zero attached hydrogens (tertiary/aromatic N) is 7. The van der Waals surface area contributed by atoms with E-state index in [1.807, 2.05) is 18.3 Å². The molecule has 5 rings (SSSR count). The molecule has 0 bridgehead atoms. The molecule has 0 radical (unpaired) electrons. The zero-order valence-electron chi connectivity index (χ0n) is 15.2. The van der Waals surface area contributed by atoms with E-state index in [1.165, 1.54) is 5.56 Å². The van der Waals surface area contributed by atoms with Crippen molar-refractivity contribution in [1.29, 1.82) is 0 Å². The molecule has 1 N–H and O–H groups in total. The molecule has 0 amide bonds. The Hall–Kier alpha value is -3.68. The van der Waals surface area contributed by atoms with Gasteiger partial charge in [0, 0.05) is 47.8 Å². The molecule has 0 aliphatic heterocycles. The summed E-state index contributed by atoms with van der Waals surface area (Å²) in [6.45, 7) is 0.519. The Kier molecular flexibility index (Phi) is 4.21. The third-order valence-corrected chi connectivity index (χ3v) is 4.67. The highest BCUT2D eigenvalue weighted by molar-refractivity contribution is 5.64. The first-order valence-electron chi connectivity index (χ1n) is 9.21. The summed E-state index contributed by atoms with van der Waals surface area (Å²) in [5.41, 5.74) is 4.09. The maximum absolute atomic E-state index is 4.78. The highest BCUT2D eigenvalue weighted by Crippen LogP contribution is 2.30. The molecule has 28 heavy (non-hydrogen) atoms. The zero-order chi connectivity index (χ0) is 18.8. The number of hydrogen-bond acceptors (Lipinski definition) is 7. The Labute approximate surface area is 161 Å². The van der Waals surface area contributed by atoms with Crippen LogP contribution in [0.15, 0.2) is 55.4 Å². The molecule has 4 aromatic heterocycles. The Morgan fingerprint density at radius 3 is 2.79 bits per heavy atom. The van der Waals surface area contributed by atoms with Crippen molar-refractivity contribution in [3.8, 4) is 11.4 Å². The van der Waals surface area contributed by atoms with Gasteiger partial charge >= 0.3 is 0 Å². The Morgan fingerprint density at radius 1 is 1.00 bits per heavy atom. The van der Waals surface area contributed by atoms with E-state index < -0.39 is 0 Å². The van der Waals surface area contributed by atoms with Crippen LogP contribution in [0.2, 0.25) is 0 Å². The predicted octanol–water partition coefficient (Wildman–Crippen LogP) is 2.81. The van der Waals surface area contributed by atoms with Crippen molar-refractivity contribution in [2.75, 3.05) is 5.32 Å². The van der Waals surface area contributed by atoms with E-state index >= 15 is 0 Å². The normalized spacial score (nSPS) is 12.7. The van der Waals surface area contributed by atoms with Gasteiger partial charge in [-0.2, -0.15) is 5.10 Å². The van der Waals surface area contributed by atoms with Crippen LogP contribution in [0.25, 0.3) is 11.4 Å². The fraction of sp³-hybridized carbons (Fsp3) is 0.200. The molecular weight excluding hydrogens is 352 g/mol. The van der Waals surface area contributed by atoms with Gasteiger partial charge in [-0.25, -0.2) is 19.9 Å². The average Bonchev–Trinajstić information content (AvgIpc) is 3.39. The van der Waals surface area contributed by atoms with Gasteiger partial charge in [-0.1, -0.05) is 0 Å². The number of pyridine rings is 1. The standard InChI is InChI=1S/C20H18N8/c1-5-16-17(6-1)26-19(14-4-2-7-21-10-14)27-20(16)25-15-11-24-28(12-15)13-18-22-8-3-9-23-18/h2-4,7-12H,1,5-6,13H2,(H,25,26,27). The maximum Gasteiger partial charge on any atom is 0.163 e. The van der Waals surface area contributed by atoms with Gasteiger partial charge in [-0.05, 0) is 37.5 Å². The minimum Gasteiger partial charge on any atom is -0.337 e. The van der Waals surface area contributed by atoms with Crippen LogP contribution in [0.3, 0.4) is 0 Å². The quantitative estimate of drug-likeness (QED) is 0.577. The maximum atomic E-state index is 4.78. The minimum atomic E-state index is 0.519. The molecule has 8 nitrogen and oxygen atoms in total. The lowest BCUT2D eigenvalue weighted by atomic mass is 10.2. The van der Waals surface area contributed by atoms with E-state index in [0.29, 0.717) is 12.4 Å². The lowest BCUT2D eigenvalue weighted by Crippen LogP contribution is -2.04. The van der Waals surface area contributed by atoms with E-state index in [4.69, 9.17) is 9.97 Å². The largest absolute Gasteiger partial charge is 0.337 e. The number of nitrogens with one attached hydrogen (secondary N) is 1. The number of fused-ring (bicyclic) bond motifs is 1. The number of rotatable bonds is 5. The van der Waals surface area contributed by atoms with Crippen molar-refractivity contribution in [1.82, 2.24) is 34.7 Å². The lowest BCUT2D eigenvalue weighted by Gasteiger charge is -2.11. The van der Waals surface area contributed by atoms with Gasteiger partial charge in [0.25, 0.3) is 0 Å².